The molecule has 1 amide bonds. The van der Waals surface area contributed by atoms with Crippen molar-refractivity contribution in [3.63, 3.8) is 0 Å². The number of carbonyl (C=O) groups is 2. The van der Waals surface area contributed by atoms with Crippen LogP contribution < -0.4 is 10.2 Å². The second-order valence-corrected chi connectivity index (χ2v) is 5.26. The van der Waals surface area contributed by atoms with Gasteiger partial charge in [-0.2, -0.15) is 13.2 Å². The van der Waals surface area contributed by atoms with Crippen LogP contribution in [0, 0.1) is 11.8 Å². The molecule has 0 saturated carbocycles. The predicted octanol–water partition coefficient (Wildman–Crippen LogP) is 1.53. The van der Waals surface area contributed by atoms with Gasteiger partial charge in [0, 0.05) is 25.8 Å². The number of amides is 1. The molecule has 1 saturated heterocycles. The minimum atomic E-state index is -4.58. The monoisotopic (exact) mass is 331 g/mol. The molecule has 0 spiro atoms. The fourth-order valence-corrected chi connectivity index (χ4v) is 2.54. The topological polar surface area (TPSA) is 82.5 Å². The van der Waals surface area contributed by atoms with Gasteiger partial charge >= 0.3 is 12.1 Å². The third-order valence-electron chi connectivity index (χ3n) is 3.73. The van der Waals surface area contributed by atoms with E-state index in [0.717, 1.165) is 0 Å². The Morgan fingerprint density at radius 1 is 1.39 bits per heavy atom. The van der Waals surface area contributed by atoms with Gasteiger partial charge in [-0.3, -0.25) is 9.59 Å². The van der Waals surface area contributed by atoms with E-state index in [1.54, 1.807) is 6.92 Å². The summed E-state index contributed by atoms with van der Waals surface area (Å²) in [6.45, 7) is 1.47. The van der Waals surface area contributed by atoms with Crippen LogP contribution >= 0.6 is 0 Å². The van der Waals surface area contributed by atoms with Crippen molar-refractivity contribution in [2.75, 3.05) is 24.5 Å². The quantitative estimate of drug-likeness (QED) is 0.874. The molecule has 1 aliphatic heterocycles. The Morgan fingerprint density at radius 3 is 2.52 bits per heavy atom. The molecule has 1 aromatic heterocycles. The van der Waals surface area contributed by atoms with E-state index in [0.29, 0.717) is 6.54 Å². The Morgan fingerprint density at radius 2 is 2.09 bits per heavy atom. The van der Waals surface area contributed by atoms with Gasteiger partial charge in [0.2, 0.25) is 0 Å². The Balaban J connectivity index is 2.16. The Kier molecular flexibility index (Phi) is 4.76. The predicted molar refractivity (Wildman–Crippen MR) is 75.1 cm³/mol. The summed E-state index contributed by atoms with van der Waals surface area (Å²) in [4.78, 5) is 27.9. The summed E-state index contributed by atoms with van der Waals surface area (Å²) < 4.78 is 38.9. The Labute approximate surface area is 130 Å². The molecule has 0 bridgehead atoms. The zero-order chi connectivity index (χ0) is 17.2. The van der Waals surface area contributed by atoms with Crippen molar-refractivity contribution in [2.24, 2.45) is 11.8 Å². The smallest absolute Gasteiger partial charge is 0.394 e. The first-order valence-corrected chi connectivity index (χ1v) is 7.02. The van der Waals surface area contributed by atoms with Crippen molar-refractivity contribution in [1.29, 1.82) is 0 Å². The van der Waals surface area contributed by atoms with Crippen molar-refractivity contribution >= 4 is 17.7 Å². The van der Waals surface area contributed by atoms with Crippen LogP contribution in [0.3, 0.4) is 0 Å². The first-order valence-electron chi connectivity index (χ1n) is 7.02. The summed E-state index contributed by atoms with van der Waals surface area (Å²) in [5.74, 6) is -5.06. The number of nitrogens with zero attached hydrogens (tertiary/aromatic N) is 2. The molecule has 0 aromatic carbocycles. The molecule has 126 valence electrons. The number of hydrogen-bond donors (Lipinski definition) is 2. The van der Waals surface area contributed by atoms with Crippen molar-refractivity contribution in [1.82, 2.24) is 10.3 Å². The van der Waals surface area contributed by atoms with Crippen molar-refractivity contribution < 1.29 is 27.9 Å². The molecule has 9 heteroatoms. The van der Waals surface area contributed by atoms with Crippen LogP contribution in [-0.4, -0.2) is 47.8 Å². The lowest BCUT2D eigenvalue weighted by Gasteiger charge is -2.19. The van der Waals surface area contributed by atoms with Gasteiger partial charge in [0.15, 0.2) is 0 Å². The zero-order valence-electron chi connectivity index (χ0n) is 12.3. The number of carboxylic acids is 1. The minimum Gasteiger partial charge on any atom is -0.481 e. The lowest BCUT2D eigenvalue weighted by atomic mass is 9.96. The van der Waals surface area contributed by atoms with E-state index < -0.39 is 30.5 Å². The van der Waals surface area contributed by atoms with E-state index >= 15 is 0 Å². The van der Waals surface area contributed by atoms with Gasteiger partial charge < -0.3 is 15.3 Å². The summed E-state index contributed by atoms with van der Waals surface area (Å²) in [7, 11) is 0. The van der Waals surface area contributed by atoms with Crippen molar-refractivity contribution in [3.8, 4) is 0 Å². The number of pyridine rings is 1. The molecule has 23 heavy (non-hydrogen) atoms. The molecule has 1 aliphatic rings. The van der Waals surface area contributed by atoms with Gasteiger partial charge in [0.25, 0.3) is 5.91 Å². The molecule has 0 unspecified atom stereocenters. The first kappa shape index (κ1) is 17.0. The van der Waals surface area contributed by atoms with E-state index in [1.165, 1.54) is 23.2 Å². The number of carboxylic acid groups (broad SMARTS) is 1. The van der Waals surface area contributed by atoms with Gasteiger partial charge in [-0.15, -0.1) is 0 Å². The fourth-order valence-electron chi connectivity index (χ4n) is 2.54. The number of aliphatic carboxylic acids is 1. The third kappa shape index (κ3) is 3.72. The third-order valence-corrected chi connectivity index (χ3v) is 3.73. The van der Waals surface area contributed by atoms with Gasteiger partial charge in [-0.25, -0.2) is 4.98 Å². The van der Waals surface area contributed by atoms with Crippen LogP contribution in [0.5, 0.6) is 0 Å². The van der Waals surface area contributed by atoms with Crippen LogP contribution in [-0.2, 0) is 4.79 Å². The maximum atomic E-state index is 13.0. The highest BCUT2D eigenvalue weighted by Gasteiger charge is 2.52. The zero-order valence-corrected chi connectivity index (χ0v) is 12.3. The van der Waals surface area contributed by atoms with E-state index in [9.17, 15) is 22.8 Å². The lowest BCUT2D eigenvalue weighted by molar-refractivity contribution is -0.187. The van der Waals surface area contributed by atoms with Crippen LogP contribution in [0.25, 0.3) is 0 Å². The second kappa shape index (κ2) is 6.43. The summed E-state index contributed by atoms with van der Waals surface area (Å²) >= 11 is 0. The number of anilines is 1. The molecule has 1 fully saturated rings. The molecule has 6 nitrogen and oxygen atoms in total. The largest absolute Gasteiger partial charge is 0.481 e. The van der Waals surface area contributed by atoms with Crippen LogP contribution in [0.2, 0.25) is 0 Å². The number of aromatic nitrogens is 1. The Bertz CT molecular complexity index is 589. The molecule has 2 atom stereocenters. The van der Waals surface area contributed by atoms with Crippen LogP contribution in [0.1, 0.15) is 17.3 Å². The van der Waals surface area contributed by atoms with E-state index in [-0.39, 0.29) is 23.8 Å². The van der Waals surface area contributed by atoms with Crippen LogP contribution in [0.15, 0.2) is 18.3 Å². The summed E-state index contributed by atoms with van der Waals surface area (Å²) in [5, 5.41) is 11.6. The SMILES string of the molecule is CCNC(=O)c1ccc(N2C[C@@H](C(F)(F)F)[C@H](C(=O)O)C2)nc1. The fraction of sp³-hybridized carbons (Fsp3) is 0.500. The number of rotatable bonds is 4. The standard InChI is InChI=1S/C14H16F3N3O3/c1-2-18-12(21)8-3-4-11(19-5-8)20-6-9(13(22)23)10(7-20)14(15,16)17/h3-5,9-10H,2,6-7H2,1H3,(H,18,21)(H,22,23)/t9-,10-/m1/s1. The highest BCUT2D eigenvalue weighted by Crippen LogP contribution is 2.38. The number of nitrogens with one attached hydrogen (secondary N) is 1. The summed E-state index contributed by atoms with van der Waals surface area (Å²) in [5.41, 5.74) is 0.289. The lowest BCUT2D eigenvalue weighted by Crippen LogP contribution is -2.33. The van der Waals surface area contributed by atoms with Crippen molar-refractivity contribution in [3.05, 3.63) is 23.9 Å². The summed E-state index contributed by atoms with van der Waals surface area (Å²) in [6, 6.07) is 2.87. The maximum absolute atomic E-state index is 13.0. The molecular weight excluding hydrogens is 315 g/mol. The second-order valence-electron chi connectivity index (χ2n) is 5.26. The van der Waals surface area contributed by atoms with E-state index in [2.05, 4.69) is 10.3 Å². The molecule has 2 heterocycles. The minimum absolute atomic E-state index is 0.219. The molecular formula is C14H16F3N3O3. The maximum Gasteiger partial charge on any atom is 0.394 e. The average Bonchev–Trinajstić information content (AvgIpc) is 2.93. The average molecular weight is 331 g/mol. The molecule has 0 aliphatic carbocycles. The Hall–Kier alpha value is -2.32. The highest BCUT2D eigenvalue weighted by molar-refractivity contribution is 5.94. The highest BCUT2D eigenvalue weighted by atomic mass is 19.4. The molecule has 2 N–H and O–H groups in total. The van der Waals surface area contributed by atoms with Crippen LogP contribution in [0.4, 0.5) is 19.0 Å². The van der Waals surface area contributed by atoms with Crippen molar-refractivity contribution in [2.45, 2.75) is 13.1 Å². The number of halogens is 3. The van der Waals surface area contributed by atoms with E-state index in [4.69, 9.17) is 5.11 Å². The number of carbonyl (C=O) groups excluding carboxylic acids is 1. The number of hydrogen-bond acceptors (Lipinski definition) is 4. The van der Waals surface area contributed by atoms with Gasteiger partial charge in [-0.05, 0) is 19.1 Å². The molecule has 1 aromatic rings. The summed E-state index contributed by atoms with van der Waals surface area (Å²) in [6.07, 6.45) is -3.32. The van der Waals surface area contributed by atoms with E-state index in [1.807, 2.05) is 0 Å². The van der Waals surface area contributed by atoms with Gasteiger partial charge in [-0.1, -0.05) is 0 Å². The first-order chi connectivity index (χ1) is 10.7. The van der Waals surface area contributed by atoms with Gasteiger partial charge in [0.05, 0.1) is 17.4 Å². The number of alkyl halides is 3. The molecule has 2 rings (SSSR count). The normalized spacial score (nSPS) is 21.3. The van der Waals surface area contributed by atoms with Gasteiger partial charge in [0.1, 0.15) is 5.82 Å². The molecule has 0 radical (unpaired) electrons.